The average Bonchev–Trinajstić information content (AvgIpc) is 2.54. The Morgan fingerprint density at radius 2 is 1.83 bits per heavy atom. The molecule has 1 atom stereocenters. The lowest BCUT2D eigenvalue weighted by Gasteiger charge is -2.11. The van der Waals surface area contributed by atoms with Crippen LogP contribution >= 0.6 is 0 Å². The third kappa shape index (κ3) is 7.97. The third-order valence-corrected chi connectivity index (χ3v) is 3.33. The Bertz CT molecular complexity index is 555. The molecule has 0 fully saturated rings. The van der Waals surface area contributed by atoms with Crippen LogP contribution < -0.4 is 33.5 Å². The molecular weight excluding hydrogens is 314 g/mol. The zero-order valence-corrected chi connectivity index (χ0v) is 14.0. The molecule has 0 heterocycles. The summed E-state index contributed by atoms with van der Waals surface area (Å²) in [6.07, 6.45) is -0.455. The highest BCUT2D eigenvalue weighted by Gasteiger charge is 2.07. The van der Waals surface area contributed by atoms with Crippen molar-refractivity contribution in [2.75, 3.05) is 26.2 Å². The van der Waals surface area contributed by atoms with Crippen LogP contribution in [0.25, 0.3) is 0 Å². The van der Waals surface area contributed by atoms with E-state index in [-0.39, 0.29) is 12.4 Å². The number of hydrogen-bond acceptors (Lipinski definition) is 2. The maximum Gasteiger partial charge on any atom is 0.137 e. The number of para-hydroxylation sites is 1. The molecule has 0 aliphatic heterocycles. The summed E-state index contributed by atoms with van der Waals surface area (Å²) >= 11 is 0. The number of halogens is 1. The minimum atomic E-state index is -0.455. The molecule has 0 spiro atoms. The average molecular weight is 340 g/mol. The fourth-order valence-corrected chi connectivity index (χ4v) is 2.18. The monoisotopic (exact) mass is 339 g/mol. The number of benzene rings is 2. The smallest absolute Gasteiger partial charge is 0.137 e. The molecule has 8 N–H and O–H groups in total. The number of nitrogens with two attached hydrogens (primary N) is 2. The fraction of sp³-hybridized carbons (Fsp3) is 0.294. The summed E-state index contributed by atoms with van der Waals surface area (Å²) in [4.78, 5) is 0. The summed E-state index contributed by atoms with van der Waals surface area (Å²) in [5, 5.41) is 14.2. The van der Waals surface area contributed by atoms with E-state index in [1.54, 1.807) is 0 Å². The molecule has 2 rings (SSSR count). The SMILES string of the molecule is [Cl-].[NH3+]c1cccc([NH2+]CC[NH2+]CC(O)COc2ccccc2)c1. The number of aliphatic hydroxyl groups is 1. The van der Waals surface area contributed by atoms with Gasteiger partial charge in [0, 0.05) is 0 Å². The Kier molecular flexibility index (Phi) is 9.28. The number of hydrogen-bond donors (Lipinski definition) is 4. The summed E-state index contributed by atoms with van der Waals surface area (Å²) in [5.74, 6) is 0.794. The van der Waals surface area contributed by atoms with Gasteiger partial charge < -0.3 is 38.6 Å². The first-order valence-electron chi connectivity index (χ1n) is 7.67. The van der Waals surface area contributed by atoms with E-state index >= 15 is 0 Å². The van der Waals surface area contributed by atoms with Gasteiger partial charge in [-0.2, -0.15) is 0 Å². The third-order valence-electron chi connectivity index (χ3n) is 3.33. The predicted octanol–water partition coefficient (Wildman–Crippen LogP) is -4.24. The normalized spacial score (nSPS) is 11.6. The highest BCUT2D eigenvalue weighted by molar-refractivity contribution is 5.40. The quantitative estimate of drug-likeness (QED) is 0.275. The van der Waals surface area contributed by atoms with Crippen molar-refractivity contribution in [1.82, 2.24) is 0 Å². The van der Waals surface area contributed by atoms with Crippen LogP contribution in [-0.4, -0.2) is 37.5 Å². The van der Waals surface area contributed by atoms with Crippen LogP contribution in [0.15, 0.2) is 54.6 Å². The topological polar surface area (TPSA) is 90.3 Å². The van der Waals surface area contributed by atoms with Crippen molar-refractivity contribution in [3.05, 3.63) is 54.6 Å². The van der Waals surface area contributed by atoms with Crippen molar-refractivity contribution in [3.63, 3.8) is 0 Å². The first kappa shape index (κ1) is 19.4. The second kappa shape index (κ2) is 11.0. The van der Waals surface area contributed by atoms with E-state index in [2.05, 4.69) is 28.5 Å². The van der Waals surface area contributed by atoms with E-state index in [9.17, 15) is 5.11 Å². The molecule has 0 aromatic heterocycles. The molecule has 2 aromatic rings. The van der Waals surface area contributed by atoms with Crippen LogP contribution in [0.5, 0.6) is 5.75 Å². The lowest BCUT2D eigenvalue weighted by Crippen LogP contribution is -3.00. The van der Waals surface area contributed by atoms with Crippen molar-refractivity contribution >= 4 is 11.4 Å². The van der Waals surface area contributed by atoms with Gasteiger partial charge in [-0.3, -0.25) is 0 Å². The van der Waals surface area contributed by atoms with Gasteiger partial charge in [-0.05, 0) is 24.3 Å². The molecule has 1 unspecified atom stereocenters. The van der Waals surface area contributed by atoms with Crippen LogP contribution in [0.2, 0.25) is 0 Å². The van der Waals surface area contributed by atoms with E-state index in [4.69, 9.17) is 4.74 Å². The zero-order valence-electron chi connectivity index (χ0n) is 13.2. The Morgan fingerprint density at radius 3 is 2.57 bits per heavy atom. The Hall–Kier alpha value is -1.63. The van der Waals surface area contributed by atoms with Crippen LogP contribution in [0.3, 0.4) is 0 Å². The van der Waals surface area contributed by atoms with Gasteiger partial charge in [-0.15, -0.1) is 0 Å². The van der Waals surface area contributed by atoms with Gasteiger partial charge in [-0.25, -0.2) is 0 Å². The van der Waals surface area contributed by atoms with Crippen LogP contribution in [0.4, 0.5) is 11.4 Å². The number of rotatable bonds is 9. The van der Waals surface area contributed by atoms with Crippen molar-refractivity contribution in [2.45, 2.75) is 6.10 Å². The molecule has 23 heavy (non-hydrogen) atoms. The first-order valence-corrected chi connectivity index (χ1v) is 7.67. The molecule has 126 valence electrons. The first-order chi connectivity index (χ1) is 10.7. The zero-order chi connectivity index (χ0) is 15.6. The number of ether oxygens (including phenoxy) is 1. The molecule has 5 nitrogen and oxygen atoms in total. The predicted molar refractivity (Wildman–Crippen MR) is 85.0 cm³/mol. The standard InChI is InChI=1S/C17H23N3O2.ClH/c18-14-5-4-6-15(11-14)20-10-9-19-12-16(21)13-22-17-7-2-1-3-8-17;/h1-8,11,16,19-21H,9-10,12-13,18H2;1H/p+2. The molecule has 0 aliphatic rings. The van der Waals surface area contributed by atoms with E-state index in [1.807, 2.05) is 42.5 Å². The Morgan fingerprint density at radius 1 is 1.04 bits per heavy atom. The summed E-state index contributed by atoms with van der Waals surface area (Å²) in [7, 11) is 0. The van der Waals surface area contributed by atoms with E-state index in [0.717, 1.165) is 24.5 Å². The second-order valence-corrected chi connectivity index (χ2v) is 5.33. The van der Waals surface area contributed by atoms with Crippen molar-refractivity contribution in [2.24, 2.45) is 0 Å². The van der Waals surface area contributed by atoms with Crippen molar-refractivity contribution in [1.29, 1.82) is 0 Å². The van der Waals surface area contributed by atoms with Gasteiger partial charge in [0.15, 0.2) is 0 Å². The maximum absolute atomic E-state index is 9.89. The fourth-order valence-electron chi connectivity index (χ4n) is 2.18. The Balaban J connectivity index is 0.00000264. The largest absolute Gasteiger partial charge is 1.00 e. The van der Waals surface area contributed by atoms with Crippen LogP contribution in [0.1, 0.15) is 0 Å². The summed E-state index contributed by atoms with van der Waals surface area (Å²) in [5.41, 5.74) is 6.16. The molecule has 0 radical (unpaired) electrons. The van der Waals surface area contributed by atoms with Gasteiger partial charge in [0.05, 0.1) is 6.07 Å². The molecule has 0 saturated heterocycles. The van der Waals surface area contributed by atoms with Gasteiger partial charge in [-0.1, -0.05) is 24.3 Å². The number of quaternary nitrogens is 3. The maximum atomic E-state index is 9.89. The lowest BCUT2D eigenvalue weighted by atomic mass is 10.3. The van der Waals surface area contributed by atoms with Crippen LogP contribution in [0, 0.1) is 0 Å². The molecule has 0 amide bonds. The minimum Gasteiger partial charge on any atom is -1.00 e. The van der Waals surface area contributed by atoms with Gasteiger partial charge >= 0.3 is 0 Å². The summed E-state index contributed by atoms with van der Waals surface area (Å²) in [6.45, 7) is 2.89. The van der Waals surface area contributed by atoms with E-state index in [0.29, 0.717) is 13.2 Å². The molecule has 2 aromatic carbocycles. The number of aliphatic hydroxyl groups excluding tert-OH is 1. The molecule has 0 bridgehead atoms. The van der Waals surface area contributed by atoms with Crippen molar-refractivity contribution < 1.29 is 38.6 Å². The minimum absolute atomic E-state index is 0. The van der Waals surface area contributed by atoms with Gasteiger partial charge in [0.2, 0.25) is 0 Å². The molecule has 0 aliphatic carbocycles. The summed E-state index contributed by atoms with van der Waals surface area (Å²) in [6, 6.07) is 17.7. The van der Waals surface area contributed by atoms with E-state index < -0.39 is 6.10 Å². The molecular formula is C17H26ClN3O2+2. The van der Waals surface area contributed by atoms with E-state index in [1.165, 1.54) is 5.69 Å². The van der Waals surface area contributed by atoms with Crippen LogP contribution in [-0.2, 0) is 0 Å². The highest BCUT2D eigenvalue weighted by Crippen LogP contribution is 2.08. The second-order valence-electron chi connectivity index (χ2n) is 5.33. The van der Waals surface area contributed by atoms with Gasteiger partial charge in [0.25, 0.3) is 0 Å². The van der Waals surface area contributed by atoms with Gasteiger partial charge in [0.1, 0.15) is 49.5 Å². The Labute approximate surface area is 143 Å². The molecule has 6 heteroatoms. The van der Waals surface area contributed by atoms with Crippen molar-refractivity contribution in [3.8, 4) is 5.75 Å². The highest BCUT2D eigenvalue weighted by atomic mass is 35.5. The summed E-state index contributed by atoms with van der Waals surface area (Å²) < 4.78 is 5.52. The lowest BCUT2D eigenvalue weighted by molar-refractivity contribution is -0.699. The molecule has 0 saturated carbocycles.